The highest BCUT2D eigenvalue weighted by molar-refractivity contribution is 5.80. The molecular weight excluding hydrogens is 450 g/mol. The van der Waals surface area contributed by atoms with Crippen LogP contribution in [0.1, 0.15) is 36.5 Å². The first kappa shape index (κ1) is 23.9. The molecule has 5 rings (SSSR count). The van der Waals surface area contributed by atoms with E-state index in [0.717, 1.165) is 59.8 Å². The van der Waals surface area contributed by atoms with Gasteiger partial charge in [-0.05, 0) is 74.6 Å². The Hall–Kier alpha value is -3.87. The number of amides is 1. The third kappa shape index (κ3) is 5.05. The van der Waals surface area contributed by atoms with Gasteiger partial charge in [0.05, 0.1) is 12.3 Å². The molecule has 0 unspecified atom stereocenters. The maximum absolute atomic E-state index is 12.8. The van der Waals surface area contributed by atoms with Crippen LogP contribution < -0.4 is 15.0 Å². The normalized spacial score (nSPS) is 14.2. The van der Waals surface area contributed by atoms with E-state index >= 15 is 0 Å². The number of carbonyl (C=O) groups excluding carboxylic acids is 1. The second-order valence-electron chi connectivity index (χ2n) is 9.47. The van der Waals surface area contributed by atoms with Gasteiger partial charge in [-0.1, -0.05) is 24.3 Å². The Morgan fingerprint density at radius 1 is 1.06 bits per heavy atom. The number of nitrogens with zero attached hydrogens (tertiary/aromatic N) is 4. The summed E-state index contributed by atoms with van der Waals surface area (Å²) in [6, 6.07) is 16.4. The number of aryl methyl sites for hydroxylation is 2. The molecular formula is C29H33N5O2. The van der Waals surface area contributed by atoms with Crippen LogP contribution in [-0.4, -0.2) is 40.2 Å². The molecule has 2 aromatic heterocycles. The fraction of sp³-hybridized carbons (Fsp3) is 0.345. The lowest BCUT2D eigenvalue weighted by atomic mass is 9.95. The van der Waals surface area contributed by atoms with Gasteiger partial charge >= 0.3 is 0 Å². The van der Waals surface area contributed by atoms with E-state index in [1.807, 2.05) is 41.9 Å². The lowest BCUT2D eigenvalue weighted by molar-refractivity contribution is -0.125. The quantitative estimate of drug-likeness (QED) is 0.403. The molecule has 36 heavy (non-hydrogen) atoms. The molecule has 0 radical (unpaired) electrons. The van der Waals surface area contributed by atoms with Gasteiger partial charge in [-0.3, -0.25) is 4.79 Å². The first-order valence-electron chi connectivity index (χ1n) is 12.7. The molecule has 3 heterocycles. The van der Waals surface area contributed by atoms with E-state index in [9.17, 15) is 4.79 Å². The second kappa shape index (κ2) is 10.4. The zero-order valence-electron chi connectivity index (χ0n) is 21.2. The highest BCUT2D eigenvalue weighted by atomic mass is 16.5. The monoisotopic (exact) mass is 483 g/mol. The molecule has 1 fully saturated rings. The molecule has 0 aliphatic carbocycles. The van der Waals surface area contributed by atoms with Crippen LogP contribution in [0.15, 0.2) is 60.9 Å². The lowest BCUT2D eigenvalue weighted by Crippen LogP contribution is -2.40. The van der Waals surface area contributed by atoms with Gasteiger partial charge in [-0.15, -0.1) is 0 Å². The van der Waals surface area contributed by atoms with E-state index < -0.39 is 0 Å². The maximum Gasteiger partial charge on any atom is 0.223 e. The predicted molar refractivity (Wildman–Crippen MR) is 142 cm³/mol. The van der Waals surface area contributed by atoms with Crippen molar-refractivity contribution in [3.05, 3.63) is 77.6 Å². The van der Waals surface area contributed by atoms with Crippen molar-refractivity contribution in [3.63, 3.8) is 0 Å². The predicted octanol–water partition coefficient (Wildman–Crippen LogP) is 4.94. The van der Waals surface area contributed by atoms with Crippen LogP contribution in [0.25, 0.3) is 16.8 Å². The number of carbonyl (C=O) groups is 1. The zero-order valence-corrected chi connectivity index (χ0v) is 21.2. The topological polar surface area (TPSA) is 71.8 Å². The van der Waals surface area contributed by atoms with Gasteiger partial charge < -0.3 is 15.0 Å². The molecule has 1 saturated heterocycles. The van der Waals surface area contributed by atoms with E-state index in [-0.39, 0.29) is 11.8 Å². The van der Waals surface area contributed by atoms with Crippen LogP contribution in [0.2, 0.25) is 0 Å². The molecule has 1 N–H and O–H groups in total. The number of hydrogen-bond donors (Lipinski definition) is 1. The van der Waals surface area contributed by atoms with Crippen LogP contribution in [0.3, 0.4) is 0 Å². The summed E-state index contributed by atoms with van der Waals surface area (Å²) in [5.41, 5.74) is 6.64. The Morgan fingerprint density at radius 2 is 1.83 bits per heavy atom. The molecule has 0 saturated carbocycles. The van der Waals surface area contributed by atoms with E-state index in [4.69, 9.17) is 9.84 Å². The van der Waals surface area contributed by atoms with Gasteiger partial charge in [0.15, 0.2) is 5.82 Å². The fourth-order valence-electron chi connectivity index (χ4n) is 4.75. The molecule has 4 aromatic rings. The summed E-state index contributed by atoms with van der Waals surface area (Å²) in [5, 5.41) is 7.91. The van der Waals surface area contributed by atoms with Crippen molar-refractivity contribution < 1.29 is 9.53 Å². The Morgan fingerprint density at radius 3 is 2.56 bits per heavy atom. The standard InChI is InChI=1S/C29H33N5O2/c1-4-36-25-9-6-22(7-10-25)19-31-29(35)23-11-14-33(15-12-23)28-27-18-26(32-34(27)16-13-30-28)24-8-5-20(2)21(3)17-24/h5-10,13,16-18,23H,4,11-12,14-15,19H2,1-3H3,(H,31,35). The minimum absolute atomic E-state index is 0.0136. The van der Waals surface area contributed by atoms with E-state index in [1.54, 1.807) is 6.20 Å². The van der Waals surface area contributed by atoms with Crippen LogP contribution in [0.4, 0.5) is 5.82 Å². The number of ether oxygens (including phenoxy) is 1. The average molecular weight is 484 g/mol. The number of nitrogens with one attached hydrogen (secondary N) is 1. The Bertz CT molecular complexity index is 1350. The molecule has 1 aliphatic heterocycles. The Labute approximate surface area is 212 Å². The Balaban J connectivity index is 1.22. The van der Waals surface area contributed by atoms with E-state index in [2.05, 4.69) is 53.3 Å². The summed E-state index contributed by atoms with van der Waals surface area (Å²) in [7, 11) is 0. The molecule has 2 aromatic carbocycles. The number of rotatable bonds is 7. The van der Waals surface area contributed by atoms with E-state index in [1.165, 1.54) is 11.1 Å². The van der Waals surface area contributed by atoms with Crippen molar-refractivity contribution in [1.82, 2.24) is 19.9 Å². The van der Waals surface area contributed by atoms with Crippen LogP contribution in [0, 0.1) is 19.8 Å². The molecule has 1 amide bonds. The summed E-state index contributed by atoms with van der Waals surface area (Å²) in [6.45, 7) is 8.97. The third-order valence-corrected chi connectivity index (χ3v) is 7.04. The van der Waals surface area contributed by atoms with Gasteiger partial charge in [0.25, 0.3) is 0 Å². The van der Waals surface area contributed by atoms with Gasteiger partial charge in [0, 0.05) is 43.5 Å². The first-order chi connectivity index (χ1) is 17.5. The molecule has 0 spiro atoms. The molecule has 186 valence electrons. The minimum Gasteiger partial charge on any atom is -0.494 e. The summed E-state index contributed by atoms with van der Waals surface area (Å²) in [6.07, 6.45) is 5.30. The SMILES string of the molecule is CCOc1ccc(CNC(=O)C2CCN(c3nccn4nc(-c5ccc(C)c(C)c5)cc34)CC2)cc1. The van der Waals surface area contributed by atoms with Gasteiger partial charge in [0.2, 0.25) is 5.91 Å². The Kier molecular flexibility index (Phi) is 6.89. The number of benzene rings is 2. The smallest absolute Gasteiger partial charge is 0.223 e. The molecule has 0 bridgehead atoms. The zero-order chi connectivity index (χ0) is 25.1. The number of aromatic nitrogens is 3. The molecule has 1 aliphatic rings. The fourth-order valence-corrected chi connectivity index (χ4v) is 4.75. The largest absolute Gasteiger partial charge is 0.494 e. The third-order valence-electron chi connectivity index (χ3n) is 7.04. The summed E-state index contributed by atoms with van der Waals surface area (Å²) in [4.78, 5) is 19.8. The average Bonchev–Trinajstić information content (AvgIpc) is 3.35. The van der Waals surface area contributed by atoms with Crippen molar-refractivity contribution in [1.29, 1.82) is 0 Å². The van der Waals surface area contributed by atoms with Crippen LogP contribution >= 0.6 is 0 Å². The summed E-state index contributed by atoms with van der Waals surface area (Å²) >= 11 is 0. The lowest BCUT2D eigenvalue weighted by Gasteiger charge is -2.32. The van der Waals surface area contributed by atoms with Crippen LogP contribution in [0.5, 0.6) is 5.75 Å². The van der Waals surface area contributed by atoms with Crippen molar-refractivity contribution in [2.45, 2.75) is 40.2 Å². The number of anilines is 1. The van der Waals surface area contributed by atoms with Gasteiger partial charge in [-0.25, -0.2) is 9.50 Å². The molecule has 0 atom stereocenters. The van der Waals surface area contributed by atoms with Gasteiger partial charge in [0.1, 0.15) is 11.3 Å². The van der Waals surface area contributed by atoms with Crippen LogP contribution in [-0.2, 0) is 11.3 Å². The number of hydrogen-bond acceptors (Lipinski definition) is 5. The highest BCUT2D eigenvalue weighted by Crippen LogP contribution is 2.29. The van der Waals surface area contributed by atoms with Gasteiger partial charge in [-0.2, -0.15) is 5.10 Å². The number of fused-ring (bicyclic) bond motifs is 1. The van der Waals surface area contributed by atoms with Crippen molar-refractivity contribution in [2.75, 3.05) is 24.6 Å². The second-order valence-corrected chi connectivity index (χ2v) is 9.47. The molecule has 7 nitrogen and oxygen atoms in total. The first-order valence-corrected chi connectivity index (χ1v) is 12.7. The van der Waals surface area contributed by atoms with Crippen molar-refractivity contribution >= 4 is 17.2 Å². The van der Waals surface area contributed by atoms with Crippen molar-refractivity contribution in [3.8, 4) is 17.0 Å². The van der Waals surface area contributed by atoms with E-state index in [0.29, 0.717) is 13.2 Å². The summed E-state index contributed by atoms with van der Waals surface area (Å²) in [5.74, 6) is 1.91. The van der Waals surface area contributed by atoms with Crippen molar-refractivity contribution in [2.24, 2.45) is 5.92 Å². The summed E-state index contributed by atoms with van der Waals surface area (Å²) < 4.78 is 7.39. The maximum atomic E-state index is 12.8. The highest BCUT2D eigenvalue weighted by Gasteiger charge is 2.26. The minimum atomic E-state index is 0.0136. The number of piperidine rings is 1. The molecule has 7 heteroatoms.